The summed E-state index contributed by atoms with van der Waals surface area (Å²) in [5.41, 5.74) is 8.36. The molecule has 2 heteroatoms. The van der Waals surface area contributed by atoms with Gasteiger partial charge in [0, 0.05) is 16.3 Å². The highest BCUT2D eigenvalue weighted by molar-refractivity contribution is 6.22. The smallest absolute Gasteiger partial charge is 0.227 e. The summed E-state index contributed by atoms with van der Waals surface area (Å²) >= 11 is 0. The molecule has 2 nitrogen and oxygen atoms in total. The van der Waals surface area contributed by atoms with E-state index in [1.54, 1.807) is 0 Å². The van der Waals surface area contributed by atoms with Crippen molar-refractivity contribution in [3.8, 4) is 33.5 Å². The van der Waals surface area contributed by atoms with Crippen molar-refractivity contribution in [1.82, 2.24) is 4.98 Å². The molecule has 0 saturated carbocycles. The van der Waals surface area contributed by atoms with Crippen molar-refractivity contribution in [2.45, 2.75) is 0 Å². The van der Waals surface area contributed by atoms with Crippen LogP contribution in [0.3, 0.4) is 0 Å². The lowest BCUT2D eigenvalue weighted by Gasteiger charge is -2.19. The van der Waals surface area contributed by atoms with Crippen LogP contribution >= 0.6 is 0 Å². The van der Waals surface area contributed by atoms with Gasteiger partial charge in [-0.2, -0.15) is 0 Å². The molecule has 10 aromatic rings. The molecule has 0 N–H and O–H groups in total. The standard InChI is InChI=1S/C45H27NO/c1-3-11-30-25-33(19-17-28(30)9-1)43-36-14-5-6-15-37(36)44(34-20-18-29-10-2-4-12-31(29)26-34)40-27-32(21-22-38(40)43)41-24-23-39-35-13-7-8-16-42(35)47-45(39)46-41/h1-27H. The molecule has 0 unspecified atom stereocenters. The Kier molecular flexibility index (Phi) is 5.61. The van der Waals surface area contributed by atoms with Gasteiger partial charge in [-0.25, -0.2) is 4.98 Å². The summed E-state index contributed by atoms with van der Waals surface area (Å²) in [6, 6.07) is 58.9. The van der Waals surface area contributed by atoms with Crippen molar-refractivity contribution in [3.05, 3.63) is 164 Å². The third kappa shape index (κ3) is 4.09. The molecule has 0 atom stereocenters. The first-order chi connectivity index (χ1) is 23.3. The van der Waals surface area contributed by atoms with Crippen molar-refractivity contribution in [2.24, 2.45) is 0 Å². The number of rotatable bonds is 3. The van der Waals surface area contributed by atoms with Gasteiger partial charge in [0.15, 0.2) is 0 Å². The number of hydrogen-bond donors (Lipinski definition) is 0. The highest BCUT2D eigenvalue weighted by atomic mass is 16.3. The number of fused-ring (bicyclic) bond motifs is 7. The molecule has 0 aliphatic heterocycles. The molecule has 8 aromatic carbocycles. The molecule has 47 heavy (non-hydrogen) atoms. The van der Waals surface area contributed by atoms with Crippen molar-refractivity contribution in [3.63, 3.8) is 0 Å². The maximum atomic E-state index is 6.19. The second-order valence-electron chi connectivity index (χ2n) is 12.3. The van der Waals surface area contributed by atoms with Gasteiger partial charge in [-0.1, -0.05) is 127 Å². The summed E-state index contributed by atoms with van der Waals surface area (Å²) in [5, 5.41) is 12.0. The number of benzene rings is 8. The van der Waals surface area contributed by atoms with Crippen molar-refractivity contribution < 1.29 is 4.42 Å². The van der Waals surface area contributed by atoms with Crippen LogP contribution in [0.2, 0.25) is 0 Å². The van der Waals surface area contributed by atoms with E-state index in [-0.39, 0.29) is 0 Å². The molecule has 2 aromatic heterocycles. The fraction of sp³-hybridized carbons (Fsp3) is 0. The topological polar surface area (TPSA) is 26.0 Å². The van der Waals surface area contributed by atoms with E-state index in [1.165, 1.54) is 65.3 Å². The molecule has 0 fully saturated rings. The second kappa shape index (κ2) is 10.1. The third-order valence-electron chi connectivity index (χ3n) is 9.64. The van der Waals surface area contributed by atoms with Gasteiger partial charge in [0.05, 0.1) is 5.69 Å². The molecule has 218 valence electrons. The van der Waals surface area contributed by atoms with Crippen molar-refractivity contribution >= 4 is 65.2 Å². The predicted octanol–water partition coefficient (Wildman–Crippen LogP) is 12.6. The Morgan fingerprint density at radius 1 is 0.340 bits per heavy atom. The zero-order valence-corrected chi connectivity index (χ0v) is 25.4. The highest BCUT2D eigenvalue weighted by Crippen LogP contribution is 2.45. The van der Waals surface area contributed by atoms with Gasteiger partial charge in [-0.3, -0.25) is 0 Å². The van der Waals surface area contributed by atoms with Gasteiger partial charge in [0.1, 0.15) is 5.58 Å². The van der Waals surface area contributed by atoms with Gasteiger partial charge < -0.3 is 4.42 Å². The van der Waals surface area contributed by atoms with Gasteiger partial charge in [0.2, 0.25) is 5.71 Å². The maximum Gasteiger partial charge on any atom is 0.227 e. The Bertz CT molecular complexity index is 2860. The minimum atomic E-state index is 0.661. The Balaban J connectivity index is 1.29. The molecule has 0 aliphatic carbocycles. The average Bonchev–Trinajstić information content (AvgIpc) is 3.51. The quantitative estimate of drug-likeness (QED) is 0.189. The third-order valence-corrected chi connectivity index (χ3v) is 9.64. The fourth-order valence-corrected chi connectivity index (χ4v) is 7.42. The van der Waals surface area contributed by atoms with Gasteiger partial charge >= 0.3 is 0 Å². The lowest BCUT2D eigenvalue weighted by Crippen LogP contribution is -1.92. The normalized spacial score (nSPS) is 11.8. The average molecular weight is 598 g/mol. The number of furan rings is 1. The molecule has 2 heterocycles. The number of nitrogens with zero attached hydrogens (tertiary/aromatic N) is 1. The lowest BCUT2D eigenvalue weighted by molar-refractivity contribution is 0.654. The number of para-hydroxylation sites is 1. The van der Waals surface area contributed by atoms with Gasteiger partial charge in [-0.15, -0.1) is 0 Å². The molecule has 0 spiro atoms. The van der Waals surface area contributed by atoms with Gasteiger partial charge in [0.25, 0.3) is 0 Å². The molecule has 0 radical (unpaired) electrons. The lowest BCUT2D eigenvalue weighted by atomic mass is 9.84. The number of pyridine rings is 1. The second-order valence-corrected chi connectivity index (χ2v) is 12.3. The van der Waals surface area contributed by atoms with E-state index in [4.69, 9.17) is 9.40 Å². The molecular formula is C45H27NO. The van der Waals surface area contributed by atoms with Crippen LogP contribution in [0.15, 0.2) is 168 Å². The summed E-state index contributed by atoms with van der Waals surface area (Å²) < 4.78 is 6.19. The summed E-state index contributed by atoms with van der Waals surface area (Å²) in [7, 11) is 0. The van der Waals surface area contributed by atoms with Crippen LogP contribution in [0, 0.1) is 0 Å². The first-order valence-corrected chi connectivity index (χ1v) is 16.0. The van der Waals surface area contributed by atoms with E-state index in [1.807, 2.05) is 18.2 Å². The highest BCUT2D eigenvalue weighted by Gasteiger charge is 2.19. The predicted molar refractivity (Wildman–Crippen MR) is 198 cm³/mol. The van der Waals surface area contributed by atoms with Crippen LogP contribution in [-0.4, -0.2) is 4.98 Å². The van der Waals surface area contributed by atoms with Gasteiger partial charge in [-0.05, 0) is 102 Å². The molecule has 10 rings (SSSR count). The Hall–Kier alpha value is -6.25. The largest absolute Gasteiger partial charge is 0.438 e. The molecule has 0 bridgehead atoms. The maximum absolute atomic E-state index is 6.19. The first kappa shape index (κ1) is 26.0. The van der Waals surface area contributed by atoms with Crippen LogP contribution in [0.25, 0.3) is 98.7 Å². The van der Waals surface area contributed by atoms with E-state index in [0.717, 1.165) is 27.6 Å². The van der Waals surface area contributed by atoms with Crippen LogP contribution in [-0.2, 0) is 0 Å². The summed E-state index contributed by atoms with van der Waals surface area (Å²) in [6.45, 7) is 0. The zero-order valence-electron chi connectivity index (χ0n) is 25.4. The number of hydrogen-bond acceptors (Lipinski definition) is 2. The van der Waals surface area contributed by atoms with Crippen LogP contribution in [0.5, 0.6) is 0 Å². The summed E-state index contributed by atoms with van der Waals surface area (Å²) in [6.07, 6.45) is 0. The summed E-state index contributed by atoms with van der Waals surface area (Å²) in [4.78, 5) is 5.04. The summed E-state index contributed by atoms with van der Waals surface area (Å²) in [5.74, 6) is 0. The van der Waals surface area contributed by atoms with Crippen molar-refractivity contribution in [1.29, 1.82) is 0 Å². The van der Waals surface area contributed by atoms with E-state index in [9.17, 15) is 0 Å². The molecular weight excluding hydrogens is 571 g/mol. The number of aromatic nitrogens is 1. The molecule has 0 saturated heterocycles. The minimum absolute atomic E-state index is 0.661. The molecule has 0 amide bonds. The Morgan fingerprint density at radius 3 is 1.53 bits per heavy atom. The molecule has 0 aliphatic rings. The SMILES string of the molecule is c1ccc2cc(-c3c4ccccc4c(-c4ccc5ccccc5c4)c4cc(-c5ccc6c(n5)oc5ccccc56)ccc34)ccc2c1. The monoisotopic (exact) mass is 597 g/mol. The van der Waals surface area contributed by atoms with E-state index in [2.05, 4.69) is 146 Å². The minimum Gasteiger partial charge on any atom is -0.438 e. The van der Waals surface area contributed by atoms with Crippen molar-refractivity contribution in [2.75, 3.05) is 0 Å². The van der Waals surface area contributed by atoms with Crippen LogP contribution in [0.4, 0.5) is 0 Å². The fourth-order valence-electron chi connectivity index (χ4n) is 7.42. The first-order valence-electron chi connectivity index (χ1n) is 16.0. The van der Waals surface area contributed by atoms with Crippen LogP contribution in [0.1, 0.15) is 0 Å². The van der Waals surface area contributed by atoms with E-state index < -0.39 is 0 Å². The Morgan fingerprint density at radius 2 is 0.851 bits per heavy atom. The zero-order chi connectivity index (χ0) is 30.9. The van der Waals surface area contributed by atoms with E-state index in [0.29, 0.717) is 5.71 Å². The van der Waals surface area contributed by atoms with E-state index >= 15 is 0 Å². The Labute approximate surface area is 271 Å². The van der Waals surface area contributed by atoms with Crippen LogP contribution < -0.4 is 0 Å².